The van der Waals surface area contributed by atoms with Crippen LogP contribution in [0.5, 0.6) is 11.5 Å². The molecule has 33 heavy (non-hydrogen) atoms. The first kappa shape index (κ1) is 24.3. The molecule has 0 spiro atoms. The van der Waals surface area contributed by atoms with Crippen LogP contribution in [0.15, 0.2) is 36.7 Å². The van der Waals surface area contributed by atoms with Crippen LogP contribution in [-0.2, 0) is 4.74 Å². The highest BCUT2D eigenvalue weighted by Gasteiger charge is 2.16. The van der Waals surface area contributed by atoms with Gasteiger partial charge in [0.2, 0.25) is 0 Å². The van der Waals surface area contributed by atoms with E-state index in [1.807, 2.05) is 0 Å². The van der Waals surface area contributed by atoms with Crippen molar-refractivity contribution in [3.05, 3.63) is 47.5 Å². The van der Waals surface area contributed by atoms with E-state index < -0.39 is 17.5 Å². The van der Waals surface area contributed by atoms with Gasteiger partial charge < -0.3 is 24.8 Å². The molecule has 2 aromatic carbocycles. The van der Waals surface area contributed by atoms with Crippen molar-refractivity contribution in [2.45, 2.75) is 32.8 Å². The van der Waals surface area contributed by atoms with E-state index in [9.17, 15) is 9.18 Å². The van der Waals surface area contributed by atoms with Crippen LogP contribution < -0.4 is 20.1 Å². The van der Waals surface area contributed by atoms with Crippen molar-refractivity contribution in [3.8, 4) is 11.5 Å². The van der Waals surface area contributed by atoms with Gasteiger partial charge in [0.05, 0.1) is 24.9 Å². The Bertz CT molecular complexity index is 1140. The van der Waals surface area contributed by atoms with Crippen LogP contribution in [0.3, 0.4) is 0 Å². The molecule has 0 unspecified atom stereocenters. The van der Waals surface area contributed by atoms with Crippen LogP contribution in [0.4, 0.5) is 20.7 Å². The lowest BCUT2D eigenvalue weighted by molar-refractivity contribution is 0.0525. The highest BCUT2D eigenvalue weighted by Crippen LogP contribution is 2.35. The van der Waals surface area contributed by atoms with Gasteiger partial charge in [-0.1, -0.05) is 11.6 Å². The van der Waals surface area contributed by atoms with E-state index in [2.05, 4.69) is 20.6 Å². The molecule has 0 saturated heterocycles. The molecule has 0 aliphatic heterocycles. The number of ether oxygens (including phenoxy) is 3. The second-order valence-electron chi connectivity index (χ2n) is 8.12. The topological polar surface area (TPSA) is 94.6 Å². The minimum Gasteiger partial charge on any atom is -0.493 e. The Hall–Kier alpha value is -3.33. The Morgan fingerprint density at radius 1 is 1.15 bits per heavy atom. The Balaban J connectivity index is 1.68. The number of benzene rings is 2. The van der Waals surface area contributed by atoms with Gasteiger partial charge in [-0.3, -0.25) is 0 Å². The molecule has 0 radical (unpaired) electrons. The number of carbonyl (C=O) groups excluding carboxylic acids is 1. The number of halogens is 2. The van der Waals surface area contributed by atoms with E-state index in [1.54, 1.807) is 39.0 Å². The molecule has 8 nitrogen and oxygen atoms in total. The quantitative estimate of drug-likeness (QED) is 0.416. The third kappa shape index (κ3) is 6.82. The summed E-state index contributed by atoms with van der Waals surface area (Å²) >= 11 is 5.82. The van der Waals surface area contributed by atoms with E-state index >= 15 is 0 Å². The van der Waals surface area contributed by atoms with Crippen LogP contribution in [0.1, 0.15) is 27.2 Å². The highest BCUT2D eigenvalue weighted by atomic mass is 35.5. The molecule has 176 valence electrons. The summed E-state index contributed by atoms with van der Waals surface area (Å²) in [7, 11) is 1.52. The molecule has 1 aromatic heterocycles. The summed E-state index contributed by atoms with van der Waals surface area (Å²) in [5.74, 6) is 0.871. The van der Waals surface area contributed by atoms with Crippen LogP contribution in [0, 0.1) is 5.82 Å². The van der Waals surface area contributed by atoms with Crippen molar-refractivity contribution in [1.29, 1.82) is 0 Å². The van der Waals surface area contributed by atoms with Gasteiger partial charge in [-0.2, -0.15) is 0 Å². The van der Waals surface area contributed by atoms with Gasteiger partial charge in [0.25, 0.3) is 0 Å². The molecule has 10 heteroatoms. The zero-order valence-corrected chi connectivity index (χ0v) is 19.6. The van der Waals surface area contributed by atoms with Crippen molar-refractivity contribution in [3.63, 3.8) is 0 Å². The molecule has 0 atom stereocenters. The van der Waals surface area contributed by atoms with E-state index in [0.717, 1.165) is 0 Å². The summed E-state index contributed by atoms with van der Waals surface area (Å²) in [6.07, 6.45) is 1.46. The number of nitrogens with zero attached hydrogens (tertiary/aromatic N) is 2. The third-order valence-electron chi connectivity index (χ3n) is 4.35. The van der Waals surface area contributed by atoms with E-state index in [-0.39, 0.29) is 5.69 Å². The number of aromatic nitrogens is 2. The summed E-state index contributed by atoms with van der Waals surface area (Å²) < 4.78 is 30.7. The maximum absolute atomic E-state index is 14.2. The van der Waals surface area contributed by atoms with Crippen LogP contribution >= 0.6 is 11.6 Å². The zero-order valence-electron chi connectivity index (χ0n) is 18.9. The van der Waals surface area contributed by atoms with Crippen molar-refractivity contribution >= 4 is 40.1 Å². The molecule has 1 amide bonds. The first-order valence-corrected chi connectivity index (χ1v) is 10.7. The number of amides is 1. The molecule has 3 rings (SSSR count). The van der Waals surface area contributed by atoms with Crippen molar-refractivity contribution < 1.29 is 23.4 Å². The van der Waals surface area contributed by atoms with Gasteiger partial charge in [0.1, 0.15) is 23.6 Å². The van der Waals surface area contributed by atoms with Gasteiger partial charge in [-0.25, -0.2) is 19.2 Å². The maximum atomic E-state index is 14.2. The molecule has 0 aliphatic carbocycles. The van der Waals surface area contributed by atoms with Gasteiger partial charge in [-0.15, -0.1) is 0 Å². The van der Waals surface area contributed by atoms with Crippen molar-refractivity contribution in [1.82, 2.24) is 15.3 Å². The SMILES string of the molecule is COc1cc2c(Nc3ccc(Cl)cc3F)ncnc2cc1OCCCNC(=O)OC(C)(C)C. The lowest BCUT2D eigenvalue weighted by Crippen LogP contribution is -2.33. The van der Waals surface area contributed by atoms with Crippen molar-refractivity contribution in [2.75, 3.05) is 25.6 Å². The maximum Gasteiger partial charge on any atom is 0.407 e. The minimum atomic E-state index is -0.548. The standard InChI is InChI=1S/C23H26ClFN4O4/c1-23(2,3)33-22(30)26-8-5-9-32-20-12-18-15(11-19(20)31-4)21(28-13-27-18)29-17-7-6-14(24)10-16(17)25/h6-7,10-13H,5,8-9H2,1-4H3,(H,26,30)(H,27,28,29). The van der Waals surface area contributed by atoms with Gasteiger partial charge in [-0.05, 0) is 51.5 Å². The summed E-state index contributed by atoms with van der Waals surface area (Å²) in [5.41, 5.74) is 0.272. The number of nitrogens with one attached hydrogen (secondary N) is 2. The van der Waals surface area contributed by atoms with Crippen molar-refractivity contribution in [2.24, 2.45) is 0 Å². The Labute approximate surface area is 196 Å². The molecule has 2 N–H and O–H groups in total. The van der Waals surface area contributed by atoms with E-state index in [0.29, 0.717) is 52.8 Å². The second-order valence-corrected chi connectivity index (χ2v) is 8.56. The number of anilines is 2. The predicted octanol–water partition coefficient (Wildman–Crippen LogP) is 5.47. The predicted molar refractivity (Wildman–Crippen MR) is 125 cm³/mol. The number of hydrogen-bond acceptors (Lipinski definition) is 7. The number of rotatable bonds is 8. The lowest BCUT2D eigenvalue weighted by atomic mass is 10.2. The number of alkyl carbamates (subject to hydrolysis) is 1. The number of carbonyl (C=O) groups is 1. The summed E-state index contributed by atoms with van der Waals surface area (Å²) in [4.78, 5) is 20.2. The fourth-order valence-electron chi connectivity index (χ4n) is 2.91. The molecular weight excluding hydrogens is 451 g/mol. The first-order valence-electron chi connectivity index (χ1n) is 10.3. The third-order valence-corrected chi connectivity index (χ3v) is 4.59. The molecule has 0 fully saturated rings. The largest absolute Gasteiger partial charge is 0.493 e. The summed E-state index contributed by atoms with van der Waals surface area (Å²) in [5, 5.41) is 6.58. The minimum absolute atomic E-state index is 0.233. The zero-order chi connectivity index (χ0) is 24.0. The normalized spacial score (nSPS) is 11.2. The first-order chi connectivity index (χ1) is 15.7. The molecule has 0 bridgehead atoms. The molecule has 0 aliphatic rings. The summed E-state index contributed by atoms with van der Waals surface area (Å²) in [6.45, 7) is 6.14. The number of fused-ring (bicyclic) bond motifs is 1. The fourth-order valence-corrected chi connectivity index (χ4v) is 3.07. The van der Waals surface area contributed by atoms with E-state index in [4.69, 9.17) is 25.8 Å². The average molecular weight is 477 g/mol. The lowest BCUT2D eigenvalue weighted by Gasteiger charge is -2.19. The fraction of sp³-hybridized carbons (Fsp3) is 0.348. The Kier molecular flexibility index (Phi) is 7.75. The summed E-state index contributed by atoms with van der Waals surface area (Å²) in [6, 6.07) is 7.78. The number of hydrogen-bond donors (Lipinski definition) is 2. The second kappa shape index (κ2) is 10.5. The smallest absolute Gasteiger partial charge is 0.407 e. The highest BCUT2D eigenvalue weighted by molar-refractivity contribution is 6.30. The molecule has 1 heterocycles. The molecular formula is C23H26ClFN4O4. The monoisotopic (exact) mass is 476 g/mol. The van der Waals surface area contributed by atoms with Gasteiger partial charge in [0.15, 0.2) is 11.5 Å². The van der Waals surface area contributed by atoms with E-state index in [1.165, 1.54) is 25.6 Å². The molecule has 3 aromatic rings. The number of methoxy groups -OCH3 is 1. The average Bonchev–Trinajstić information content (AvgIpc) is 2.73. The van der Waals surface area contributed by atoms with Crippen LogP contribution in [-0.4, -0.2) is 41.9 Å². The molecule has 0 saturated carbocycles. The Morgan fingerprint density at radius 2 is 1.94 bits per heavy atom. The van der Waals surface area contributed by atoms with Crippen LogP contribution in [0.25, 0.3) is 10.9 Å². The van der Waals surface area contributed by atoms with Gasteiger partial charge in [0, 0.05) is 23.0 Å². The van der Waals surface area contributed by atoms with Gasteiger partial charge >= 0.3 is 6.09 Å². The Morgan fingerprint density at radius 3 is 2.64 bits per heavy atom. The van der Waals surface area contributed by atoms with Crippen LogP contribution in [0.2, 0.25) is 5.02 Å².